The fourth-order valence-corrected chi connectivity index (χ4v) is 8.96. The molecule has 12 nitrogen and oxygen atoms in total. The molecule has 8 bridgehead atoms. The van der Waals surface area contributed by atoms with Gasteiger partial charge in [0.05, 0.1) is 22.8 Å². The van der Waals surface area contributed by atoms with Gasteiger partial charge in [-0.15, -0.1) is 26.3 Å². The topological polar surface area (TPSA) is 163 Å². The number of para-hydroxylation sites is 4. The van der Waals surface area contributed by atoms with Crippen molar-refractivity contribution in [3.05, 3.63) is 195 Å². The minimum Gasteiger partial charge on any atom is -0.426 e. The van der Waals surface area contributed by atoms with Gasteiger partial charge in [-0.3, -0.25) is 19.2 Å². The third-order valence-corrected chi connectivity index (χ3v) is 12.5. The summed E-state index contributed by atoms with van der Waals surface area (Å²) in [6, 6.07) is 36.8. The second-order valence-electron chi connectivity index (χ2n) is 17.7. The van der Waals surface area contributed by atoms with Crippen LogP contribution in [-0.2, 0) is 36.2 Å². The van der Waals surface area contributed by atoms with E-state index < -0.39 is 23.9 Å². The maximum Gasteiger partial charge on any atom is 0.311 e. The molecule has 77 heavy (non-hydrogen) atoms. The van der Waals surface area contributed by atoms with Crippen molar-refractivity contribution >= 4 is 70.2 Å². The number of carbonyl (C=O) groups excluding carboxylic acids is 4. The summed E-state index contributed by atoms with van der Waals surface area (Å²) in [7, 11) is 0. The van der Waals surface area contributed by atoms with Crippen LogP contribution < -0.4 is 18.9 Å². The summed E-state index contributed by atoms with van der Waals surface area (Å²) in [6.45, 7) is 15.1. The molecular formula is C64H54CuN4O8. The molecule has 0 saturated carbocycles. The quantitative estimate of drug-likeness (QED) is 0.0325. The van der Waals surface area contributed by atoms with Crippen molar-refractivity contribution in [3.63, 3.8) is 0 Å². The van der Waals surface area contributed by atoms with Gasteiger partial charge in [0.2, 0.25) is 0 Å². The Kier molecular flexibility index (Phi) is 17.8. The first kappa shape index (κ1) is 54.1. The number of esters is 4. The second kappa shape index (κ2) is 25.4. The Morgan fingerprint density at radius 1 is 0.364 bits per heavy atom. The van der Waals surface area contributed by atoms with E-state index in [1.807, 2.05) is 97.1 Å². The molecule has 13 heteroatoms. The predicted octanol–water partition coefficient (Wildman–Crippen LogP) is 14.8. The third-order valence-electron chi connectivity index (χ3n) is 12.5. The van der Waals surface area contributed by atoms with E-state index in [4.69, 9.17) is 28.9 Å². The molecule has 0 fully saturated rings. The van der Waals surface area contributed by atoms with Crippen LogP contribution >= 0.6 is 0 Å². The average Bonchev–Trinajstić information content (AvgIpc) is 4.30. The third kappa shape index (κ3) is 12.4. The largest absolute Gasteiger partial charge is 0.426 e. The van der Waals surface area contributed by atoms with Crippen LogP contribution in [0.25, 0.3) is 90.9 Å². The second-order valence-corrected chi connectivity index (χ2v) is 17.7. The van der Waals surface area contributed by atoms with Crippen LogP contribution in [-0.4, -0.2) is 43.8 Å². The Bertz CT molecular complexity index is 3230. The summed E-state index contributed by atoms with van der Waals surface area (Å²) < 4.78 is 24.4. The van der Waals surface area contributed by atoms with Gasteiger partial charge >= 0.3 is 23.9 Å². The van der Waals surface area contributed by atoms with E-state index in [2.05, 4.69) is 36.3 Å². The van der Waals surface area contributed by atoms with Crippen molar-refractivity contribution in [2.45, 2.75) is 51.4 Å². The van der Waals surface area contributed by atoms with Gasteiger partial charge in [-0.1, -0.05) is 97.1 Å². The van der Waals surface area contributed by atoms with Gasteiger partial charge in [0, 0.05) is 109 Å². The van der Waals surface area contributed by atoms with Gasteiger partial charge in [-0.25, -0.2) is 9.97 Å². The standard InChI is InChI=1S/C64H54N4O8.Cu/c1-5-9-29-57(69)73-53-25-17-13-21-41(53)61-45-33-35-47(65-45)62(42-22-14-18-26-54(42)74-58(70)30-10-6-2)49-37-39-51(67-49)64(44-24-16-20-28-56(44)76-60(72)32-12-8-4)52-40-38-50(68-52)63(48-36-34-46(61)66-48)43-23-15-19-27-55(43)75-59(71)31-11-7-3;/h5-8,13-28,33-40,65,68H,1-4,9-12,29-32H2;. The number of aromatic nitrogens is 4. The summed E-state index contributed by atoms with van der Waals surface area (Å²) in [4.78, 5) is 71.5. The minimum absolute atomic E-state index is 0. The number of hydrogen-bond acceptors (Lipinski definition) is 10. The zero-order valence-electron chi connectivity index (χ0n) is 42.1. The monoisotopic (exact) mass is 1070 g/mol. The Morgan fingerprint density at radius 3 is 0.805 bits per heavy atom. The van der Waals surface area contributed by atoms with Gasteiger partial charge in [0.15, 0.2) is 0 Å². The zero-order chi connectivity index (χ0) is 53.0. The van der Waals surface area contributed by atoms with Gasteiger partial charge in [-0.2, -0.15) is 0 Å². The number of ether oxygens (including phenoxy) is 4. The van der Waals surface area contributed by atoms with E-state index >= 15 is 0 Å². The van der Waals surface area contributed by atoms with E-state index in [1.54, 1.807) is 72.8 Å². The smallest absolute Gasteiger partial charge is 0.311 e. The molecule has 2 aliphatic heterocycles. The molecule has 7 aromatic rings. The molecule has 0 atom stereocenters. The zero-order valence-corrected chi connectivity index (χ0v) is 43.1. The van der Waals surface area contributed by atoms with E-state index in [1.165, 1.54) is 0 Å². The van der Waals surface area contributed by atoms with E-state index in [0.717, 1.165) is 0 Å². The summed E-state index contributed by atoms with van der Waals surface area (Å²) in [5.74, 6) is -0.466. The first-order valence-electron chi connectivity index (χ1n) is 25.0. The van der Waals surface area contributed by atoms with Crippen molar-refractivity contribution < 1.29 is 55.2 Å². The van der Waals surface area contributed by atoms with Crippen molar-refractivity contribution in [1.29, 1.82) is 0 Å². The molecule has 9 rings (SSSR count). The number of hydrogen-bond donors (Lipinski definition) is 2. The molecule has 0 amide bonds. The van der Waals surface area contributed by atoms with Gasteiger partial charge in [0.25, 0.3) is 0 Å². The molecule has 2 N–H and O–H groups in total. The summed E-state index contributed by atoms with van der Waals surface area (Å²) >= 11 is 0. The molecule has 0 aliphatic carbocycles. The molecule has 0 saturated heterocycles. The maximum atomic E-state index is 13.3. The average molecular weight is 1070 g/mol. The Morgan fingerprint density at radius 2 is 0.584 bits per heavy atom. The predicted molar refractivity (Wildman–Crippen MR) is 301 cm³/mol. The number of nitrogens with zero attached hydrogens (tertiary/aromatic N) is 2. The minimum atomic E-state index is -0.431. The number of nitrogens with one attached hydrogen (secondary N) is 2. The molecule has 5 heterocycles. The van der Waals surface area contributed by atoms with Gasteiger partial charge < -0.3 is 28.9 Å². The number of carbonyl (C=O) groups is 4. The van der Waals surface area contributed by atoms with Crippen LogP contribution in [0.5, 0.6) is 23.0 Å². The molecule has 3 aromatic heterocycles. The molecule has 1 radical (unpaired) electrons. The fourth-order valence-electron chi connectivity index (χ4n) is 8.96. The normalized spacial score (nSPS) is 11.2. The van der Waals surface area contributed by atoms with Crippen molar-refractivity contribution in [2.24, 2.45) is 0 Å². The van der Waals surface area contributed by atoms with Crippen LogP contribution in [0.2, 0.25) is 0 Å². The molecule has 2 aliphatic rings. The van der Waals surface area contributed by atoms with Crippen LogP contribution in [0.1, 0.15) is 74.1 Å². The first-order valence-corrected chi connectivity index (χ1v) is 25.0. The fraction of sp³-hybridized carbons (Fsp3) is 0.125. The Hall–Kier alpha value is -9.16. The Balaban J connectivity index is 0.00000784. The molecule has 389 valence electrons. The molecular weight excluding hydrogens is 1020 g/mol. The summed E-state index contributed by atoms with van der Waals surface area (Å²) in [5.41, 5.74) is 9.16. The summed E-state index contributed by atoms with van der Waals surface area (Å²) in [5, 5.41) is 0. The van der Waals surface area contributed by atoms with Crippen LogP contribution in [0.4, 0.5) is 0 Å². The van der Waals surface area contributed by atoms with Crippen LogP contribution in [0, 0.1) is 0 Å². The van der Waals surface area contributed by atoms with Gasteiger partial charge in [0.1, 0.15) is 23.0 Å². The van der Waals surface area contributed by atoms with Crippen LogP contribution in [0.3, 0.4) is 0 Å². The maximum absolute atomic E-state index is 13.3. The molecule has 0 spiro atoms. The number of H-pyrrole nitrogens is 2. The van der Waals surface area contributed by atoms with E-state index in [0.29, 0.717) is 138 Å². The van der Waals surface area contributed by atoms with Gasteiger partial charge in [-0.05, 0) is 98.5 Å². The molecule has 0 unspecified atom stereocenters. The number of rotatable bonds is 20. The van der Waals surface area contributed by atoms with E-state index in [-0.39, 0.29) is 42.8 Å². The van der Waals surface area contributed by atoms with Crippen molar-refractivity contribution in [1.82, 2.24) is 19.9 Å². The van der Waals surface area contributed by atoms with Crippen LogP contribution in [0.15, 0.2) is 172 Å². The number of allylic oxidation sites excluding steroid dienone is 4. The summed E-state index contributed by atoms with van der Waals surface area (Å²) in [6.07, 6.45) is 16.5. The first-order chi connectivity index (χ1) is 37.2. The SMILES string of the molecule is C=CCCC(=O)Oc1ccccc1-c1c2nc(c(-c3ccccc3OC(=O)CCC=C)c3ccc([nH]3)c(-c3ccccc3OC(=O)CCC=C)c3nc(c(-c4ccccc4OC(=O)CCC=C)c4ccc1[nH]4)C=C3)C=C2.[Cu]. The number of fused-ring (bicyclic) bond motifs is 8. The molecule has 4 aromatic carbocycles. The Labute approximate surface area is 456 Å². The van der Waals surface area contributed by atoms with Crippen molar-refractivity contribution in [2.75, 3.05) is 0 Å². The van der Waals surface area contributed by atoms with Crippen molar-refractivity contribution in [3.8, 4) is 67.5 Å². The number of benzene rings is 4. The van der Waals surface area contributed by atoms with E-state index in [9.17, 15) is 19.2 Å². The number of aromatic amines is 2.